The molecule has 4 aromatic rings. The van der Waals surface area contributed by atoms with Crippen molar-refractivity contribution in [2.24, 2.45) is 23.7 Å². The molecule has 0 spiro atoms. The van der Waals surface area contributed by atoms with Crippen LogP contribution in [0.4, 0.5) is 11.4 Å². The van der Waals surface area contributed by atoms with Crippen molar-refractivity contribution in [3.63, 3.8) is 0 Å². The van der Waals surface area contributed by atoms with Crippen LogP contribution >= 0.6 is 23.2 Å². The first-order valence-corrected chi connectivity index (χ1v) is 18.9. The molecule has 0 bridgehead atoms. The number of imide groups is 2. The highest BCUT2D eigenvalue weighted by molar-refractivity contribution is 6.36. The maximum Gasteiger partial charge on any atom is 0.339 e. The van der Waals surface area contributed by atoms with E-state index in [0.717, 1.165) is 22.0 Å². The van der Waals surface area contributed by atoms with Crippen molar-refractivity contribution in [2.75, 3.05) is 31.7 Å². The SMILES string of the molecule is COc1ccc(C23C(=O)N(Nc4ccc(Cl)cc4Cl)C(=O)C2CC2C(=CCC4C(=O)N(c5ccc(C(=O)O)c(O)c5)C(=O)C42)C3c2c(OC)cc(O)cc2OC)cc1. The van der Waals surface area contributed by atoms with Crippen molar-refractivity contribution in [3.8, 4) is 28.7 Å². The molecule has 4 N–H and O–H groups in total. The summed E-state index contributed by atoms with van der Waals surface area (Å²) >= 11 is 12.7. The number of benzene rings is 4. The molecule has 4 amide bonds. The number of ether oxygens (including phenoxy) is 3. The first kappa shape index (κ1) is 38.6. The number of carbonyl (C=O) groups is 5. The molecule has 0 aromatic heterocycles. The summed E-state index contributed by atoms with van der Waals surface area (Å²) in [5, 5.41) is 32.2. The van der Waals surface area contributed by atoms with Crippen molar-refractivity contribution in [1.82, 2.24) is 5.01 Å². The maximum absolute atomic E-state index is 15.6. The Morgan fingerprint density at radius 2 is 1.52 bits per heavy atom. The standard InChI is InChI=1S/C42H35Cl2N3O11/c1-56-23-8-4-19(5-9-23)42-28(38(51)47(41(42)55)45-30-13-6-20(43)14-29(30)44)18-27-24(36(42)35-32(57-2)16-22(48)17-33(35)58-3)11-12-26-34(27)39(52)46(37(26)50)21-7-10-25(40(53)54)31(49)15-21/h4-11,13-17,26-28,34,36,45,48-49H,12,18H2,1-3H3,(H,53,54). The number of fused-ring (bicyclic) bond motifs is 4. The molecule has 58 heavy (non-hydrogen) atoms. The summed E-state index contributed by atoms with van der Waals surface area (Å²) in [5.74, 6) is -8.97. The highest BCUT2D eigenvalue weighted by Gasteiger charge is 2.71. The maximum atomic E-state index is 15.6. The molecule has 8 rings (SSSR count). The number of rotatable bonds is 9. The van der Waals surface area contributed by atoms with Crippen LogP contribution in [0.3, 0.4) is 0 Å². The molecule has 1 saturated carbocycles. The minimum absolute atomic E-state index is 0.0161. The quantitative estimate of drug-likeness (QED) is 0.109. The number of carbonyl (C=O) groups excluding carboxylic acids is 4. The lowest BCUT2D eigenvalue weighted by Crippen LogP contribution is -2.53. The minimum Gasteiger partial charge on any atom is -0.508 e. The third-order valence-corrected chi connectivity index (χ3v) is 12.4. The number of amides is 4. The summed E-state index contributed by atoms with van der Waals surface area (Å²) in [4.78, 5) is 72.1. The lowest BCUT2D eigenvalue weighted by molar-refractivity contribution is -0.138. The Balaban J connectivity index is 1.36. The molecule has 2 aliphatic heterocycles. The van der Waals surface area contributed by atoms with Gasteiger partial charge in [-0.3, -0.25) is 24.6 Å². The molecule has 14 nitrogen and oxygen atoms in total. The fourth-order valence-electron chi connectivity index (χ4n) is 9.46. The van der Waals surface area contributed by atoms with Gasteiger partial charge in [0.1, 0.15) is 34.3 Å². The Bertz CT molecular complexity index is 2450. The van der Waals surface area contributed by atoms with E-state index < -0.39 is 75.9 Å². The van der Waals surface area contributed by atoms with Crippen molar-refractivity contribution in [1.29, 1.82) is 0 Å². The second kappa shape index (κ2) is 14.3. The lowest BCUT2D eigenvalue weighted by atomic mass is 9.49. The smallest absolute Gasteiger partial charge is 0.339 e. The van der Waals surface area contributed by atoms with E-state index in [1.165, 1.54) is 51.7 Å². The first-order valence-electron chi connectivity index (χ1n) is 18.1. The molecule has 4 aromatic carbocycles. The van der Waals surface area contributed by atoms with Gasteiger partial charge < -0.3 is 29.5 Å². The van der Waals surface area contributed by atoms with Gasteiger partial charge in [-0.25, -0.2) is 9.69 Å². The summed E-state index contributed by atoms with van der Waals surface area (Å²) < 4.78 is 17.2. The van der Waals surface area contributed by atoms with E-state index in [0.29, 0.717) is 27.5 Å². The average molecular weight is 829 g/mol. The fraction of sp³-hybridized carbons (Fsp3) is 0.262. The Labute approximate surface area is 341 Å². The van der Waals surface area contributed by atoms with Crippen LogP contribution in [-0.4, -0.2) is 71.3 Å². The van der Waals surface area contributed by atoms with Crippen LogP contribution in [0, 0.1) is 23.7 Å². The van der Waals surface area contributed by atoms with E-state index in [1.54, 1.807) is 30.3 Å². The van der Waals surface area contributed by atoms with Gasteiger partial charge in [0.25, 0.3) is 11.8 Å². The number of carboxylic acid groups (broad SMARTS) is 1. The number of aromatic carboxylic acids is 1. The number of allylic oxidation sites excluding steroid dienone is 2. The zero-order valence-corrected chi connectivity index (χ0v) is 32.6. The van der Waals surface area contributed by atoms with Gasteiger partial charge >= 0.3 is 5.97 Å². The second-order valence-corrected chi connectivity index (χ2v) is 15.3. The van der Waals surface area contributed by atoms with Crippen molar-refractivity contribution >= 4 is 64.2 Å². The molecule has 6 unspecified atom stereocenters. The van der Waals surface area contributed by atoms with Crippen molar-refractivity contribution < 1.29 is 53.5 Å². The predicted octanol–water partition coefficient (Wildman–Crippen LogP) is 6.32. The van der Waals surface area contributed by atoms with E-state index in [2.05, 4.69) is 5.43 Å². The number of phenolic OH excluding ortho intramolecular Hbond substituents is 1. The van der Waals surface area contributed by atoms with Gasteiger partial charge in [0, 0.05) is 34.7 Å². The van der Waals surface area contributed by atoms with E-state index in [-0.39, 0.29) is 46.5 Å². The van der Waals surface area contributed by atoms with Crippen molar-refractivity contribution in [2.45, 2.75) is 24.2 Å². The molecule has 2 heterocycles. The van der Waals surface area contributed by atoms with Gasteiger partial charge in [-0.1, -0.05) is 47.0 Å². The number of methoxy groups -OCH3 is 3. The van der Waals surface area contributed by atoms with E-state index >= 15 is 9.59 Å². The van der Waals surface area contributed by atoms with Gasteiger partial charge in [0.2, 0.25) is 11.8 Å². The third kappa shape index (κ3) is 5.64. The molecule has 0 radical (unpaired) electrons. The number of halogens is 2. The van der Waals surface area contributed by atoms with Gasteiger partial charge in [0.05, 0.1) is 60.9 Å². The number of hydrogen-bond donors (Lipinski definition) is 4. The number of hydrogen-bond acceptors (Lipinski definition) is 11. The van der Waals surface area contributed by atoms with Crippen LogP contribution in [-0.2, 0) is 24.6 Å². The number of aromatic hydroxyl groups is 2. The van der Waals surface area contributed by atoms with E-state index in [1.807, 2.05) is 6.08 Å². The van der Waals surface area contributed by atoms with Crippen LogP contribution in [0.5, 0.6) is 28.7 Å². The summed E-state index contributed by atoms with van der Waals surface area (Å²) in [6.07, 6.45) is 1.82. The topological polar surface area (TPSA) is 192 Å². The number of carboxylic acids is 1. The summed E-state index contributed by atoms with van der Waals surface area (Å²) in [5.41, 5.74) is 2.28. The highest BCUT2D eigenvalue weighted by atomic mass is 35.5. The zero-order valence-electron chi connectivity index (χ0n) is 31.1. The van der Waals surface area contributed by atoms with Gasteiger partial charge in [-0.05, 0) is 66.8 Å². The second-order valence-electron chi connectivity index (χ2n) is 14.5. The minimum atomic E-state index is -1.76. The van der Waals surface area contributed by atoms with E-state index in [4.69, 9.17) is 37.4 Å². The largest absolute Gasteiger partial charge is 0.508 e. The molecule has 3 fully saturated rings. The van der Waals surface area contributed by atoms with Crippen LogP contribution in [0.1, 0.15) is 40.2 Å². The molecule has 2 saturated heterocycles. The molecular weight excluding hydrogens is 793 g/mol. The molecule has 298 valence electrons. The van der Waals surface area contributed by atoms with Gasteiger partial charge in [-0.2, -0.15) is 5.01 Å². The van der Waals surface area contributed by atoms with Crippen LogP contribution in [0.25, 0.3) is 0 Å². The molecule has 16 heteroatoms. The first-order chi connectivity index (χ1) is 27.8. The normalized spacial score (nSPS) is 24.8. The summed E-state index contributed by atoms with van der Waals surface area (Å²) in [6.45, 7) is 0. The Kier molecular flexibility index (Phi) is 9.52. The lowest BCUT2D eigenvalue weighted by Gasteiger charge is -2.51. The van der Waals surface area contributed by atoms with Gasteiger partial charge in [0.15, 0.2) is 0 Å². The zero-order chi connectivity index (χ0) is 41.4. The summed E-state index contributed by atoms with van der Waals surface area (Å²) in [7, 11) is 4.28. The van der Waals surface area contributed by atoms with E-state index in [9.17, 15) is 29.7 Å². The summed E-state index contributed by atoms with van der Waals surface area (Å²) in [6, 6.07) is 17.5. The monoisotopic (exact) mass is 827 g/mol. The van der Waals surface area contributed by atoms with Crippen LogP contribution in [0.15, 0.2) is 84.4 Å². The van der Waals surface area contributed by atoms with Gasteiger partial charge in [-0.15, -0.1) is 0 Å². The number of phenols is 2. The Morgan fingerprint density at radius 3 is 2.12 bits per heavy atom. The van der Waals surface area contributed by atoms with Crippen LogP contribution < -0.4 is 24.5 Å². The number of anilines is 2. The average Bonchev–Trinajstić information content (AvgIpc) is 3.58. The molecule has 2 aliphatic carbocycles. The number of nitrogens with zero attached hydrogens (tertiary/aromatic N) is 2. The highest BCUT2D eigenvalue weighted by Crippen LogP contribution is 2.66. The van der Waals surface area contributed by atoms with Crippen molar-refractivity contribution in [3.05, 3.63) is 111 Å². The number of hydrazine groups is 1. The third-order valence-electron chi connectivity index (χ3n) is 11.9. The molecule has 4 aliphatic rings. The number of nitrogens with one attached hydrogen (secondary N) is 1. The Hall–Kier alpha value is -6.25. The fourth-order valence-corrected chi connectivity index (χ4v) is 9.91. The molecule has 6 atom stereocenters. The molecular formula is C42H35Cl2N3O11. The Morgan fingerprint density at radius 1 is 0.828 bits per heavy atom. The predicted molar refractivity (Wildman–Crippen MR) is 209 cm³/mol. The van der Waals surface area contributed by atoms with Crippen LogP contribution in [0.2, 0.25) is 10.0 Å².